The van der Waals surface area contributed by atoms with Gasteiger partial charge in [0, 0.05) is 19.5 Å². The van der Waals surface area contributed by atoms with Crippen molar-refractivity contribution in [2.75, 3.05) is 11.1 Å². The summed E-state index contributed by atoms with van der Waals surface area (Å²) in [4.78, 5) is 8.57. The monoisotopic (exact) mass is 247 g/mol. The van der Waals surface area contributed by atoms with Gasteiger partial charge in [-0.05, 0) is 6.42 Å². The minimum absolute atomic E-state index is 0.480. The van der Waals surface area contributed by atoms with E-state index < -0.39 is 0 Å². The van der Waals surface area contributed by atoms with Crippen molar-refractivity contribution in [1.82, 2.24) is 24.7 Å². The van der Waals surface area contributed by atoms with Crippen molar-refractivity contribution in [3.05, 3.63) is 24.0 Å². The summed E-state index contributed by atoms with van der Waals surface area (Å²) in [6.45, 7) is 2.64. The fourth-order valence-electron chi connectivity index (χ4n) is 1.58. The van der Waals surface area contributed by atoms with Crippen LogP contribution < -0.4 is 11.1 Å². The zero-order valence-electron chi connectivity index (χ0n) is 10.6. The molecule has 7 heteroatoms. The highest BCUT2D eigenvalue weighted by atomic mass is 15.3. The van der Waals surface area contributed by atoms with Crippen molar-refractivity contribution in [2.24, 2.45) is 7.05 Å². The van der Waals surface area contributed by atoms with E-state index in [1.807, 2.05) is 11.6 Å². The van der Waals surface area contributed by atoms with Crippen LogP contribution >= 0.6 is 0 Å². The zero-order valence-corrected chi connectivity index (χ0v) is 10.6. The van der Waals surface area contributed by atoms with E-state index in [0.717, 1.165) is 24.5 Å². The topological polar surface area (TPSA) is 94.5 Å². The minimum atomic E-state index is 0.480. The number of nitrogens with one attached hydrogen (secondary N) is 1. The maximum atomic E-state index is 5.74. The SMILES string of the molecule is CCCc1nc(N)cc(NCc2nncn2C)n1. The fraction of sp³-hybridized carbons (Fsp3) is 0.455. The van der Waals surface area contributed by atoms with Crippen LogP contribution in [0.3, 0.4) is 0 Å². The smallest absolute Gasteiger partial charge is 0.151 e. The van der Waals surface area contributed by atoms with Crippen LogP contribution in [0.15, 0.2) is 12.4 Å². The molecule has 96 valence electrons. The molecule has 0 aliphatic rings. The van der Waals surface area contributed by atoms with E-state index in [-0.39, 0.29) is 0 Å². The Morgan fingerprint density at radius 1 is 1.39 bits per heavy atom. The highest BCUT2D eigenvalue weighted by molar-refractivity contribution is 5.44. The molecule has 2 aromatic heterocycles. The normalized spacial score (nSPS) is 10.6. The van der Waals surface area contributed by atoms with Gasteiger partial charge in [0.25, 0.3) is 0 Å². The third-order valence-electron chi connectivity index (χ3n) is 2.50. The van der Waals surface area contributed by atoms with Crippen LogP contribution in [0.25, 0.3) is 0 Å². The lowest BCUT2D eigenvalue weighted by Gasteiger charge is -2.07. The summed E-state index contributed by atoms with van der Waals surface area (Å²) in [5.74, 6) is 2.80. The van der Waals surface area contributed by atoms with Crippen molar-refractivity contribution in [3.8, 4) is 0 Å². The third kappa shape index (κ3) is 2.93. The Labute approximate surface area is 105 Å². The van der Waals surface area contributed by atoms with E-state index in [9.17, 15) is 0 Å². The van der Waals surface area contributed by atoms with Gasteiger partial charge in [-0.25, -0.2) is 9.97 Å². The van der Waals surface area contributed by atoms with E-state index in [2.05, 4.69) is 32.4 Å². The molecule has 2 aromatic rings. The molecule has 0 saturated heterocycles. The van der Waals surface area contributed by atoms with Gasteiger partial charge in [-0.2, -0.15) is 0 Å². The van der Waals surface area contributed by atoms with E-state index in [1.54, 1.807) is 12.4 Å². The van der Waals surface area contributed by atoms with Gasteiger partial charge >= 0.3 is 0 Å². The number of nitrogens with zero attached hydrogens (tertiary/aromatic N) is 5. The number of anilines is 2. The van der Waals surface area contributed by atoms with Gasteiger partial charge in [0.05, 0.1) is 6.54 Å². The first kappa shape index (κ1) is 12.3. The van der Waals surface area contributed by atoms with Gasteiger partial charge in [-0.1, -0.05) is 6.92 Å². The molecule has 0 fully saturated rings. The second kappa shape index (κ2) is 5.44. The summed E-state index contributed by atoms with van der Waals surface area (Å²) in [5.41, 5.74) is 5.74. The molecule has 0 amide bonds. The van der Waals surface area contributed by atoms with Crippen molar-refractivity contribution >= 4 is 11.6 Å². The van der Waals surface area contributed by atoms with Crippen LogP contribution in [0, 0.1) is 0 Å². The lowest BCUT2D eigenvalue weighted by Crippen LogP contribution is -2.09. The highest BCUT2D eigenvalue weighted by Gasteiger charge is 2.04. The highest BCUT2D eigenvalue weighted by Crippen LogP contribution is 2.10. The molecule has 0 spiro atoms. The molecule has 0 atom stereocenters. The predicted molar refractivity (Wildman–Crippen MR) is 68.8 cm³/mol. The average molecular weight is 247 g/mol. The lowest BCUT2D eigenvalue weighted by molar-refractivity contribution is 0.803. The second-order valence-electron chi connectivity index (χ2n) is 4.06. The first-order valence-corrected chi connectivity index (χ1v) is 5.89. The molecule has 0 bridgehead atoms. The first-order valence-electron chi connectivity index (χ1n) is 5.89. The van der Waals surface area contributed by atoms with E-state index in [4.69, 9.17) is 5.73 Å². The maximum Gasteiger partial charge on any atom is 0.151 e. The van der Waals surface area contributed by atoms with Crippen molar-refractivity contribution in [1.29, 1.82) is 0 Å². The Kier molecular flexibility index (Phi) is 3.71. The van der Waals surface area contributed by atoms with Crippen molar-refractivity contribution in [2.45, 2.75) is 26.3 Å². The fourth-order valence-corrected chi connectivity index (χ4v) is 1.58. The molecule has 18 heavy (non-hydrogen) atoms. The van der Waals surface area contributed by atoms with Gasteiger partial charge in [-0.15, -0.1) is 10.2 Å². The Morgan fingerprint density at radius 2 is 2.22 bits per heavy atom. The van der Waals surface area contributed by atoms with Crippen molar-refractivity contribution in [3.63, 3.8) is 0 Å². The molecule has 0 radical (unpaired) electrons. The summed E-state index contributed by atoms with van der Waals surface area (Å²) in [5, 5.41) is 11.0. The number of hydrogen-bond acceptors (Lipinski definition) is 6. The number of nitrogen functional groups attached to an aromatic ring is 1. The van der Waals surface area contributed by atoms with Gasteiger partial charge in [0.2, 0.25) is 0 Å². The predicted octanol–water partition coefficient (Wildman–Crippen LogP) is 0.752. The molecule has 2 rings (SSSR count). The Hall–Kier alpha value is -2.18. The Morgan fingerprint density at radius 3 is 2.89 bits per heavy atom. The van der Waals surface area contributed by atoms with Gasteiger partial charge in [0.1, 0.15) is 23.8 Å². The van der Waals surface area contributed by atoms with Crippen LogP contribution in [0.4, 0.5) is 11.6 Å². The molecular weight excluding hydrogens is 230 g/mol. The molecule has 0 aliphatic heterocycles. The number of hydrogen-bond donors (Lipinski definition) is 2. The summed E-state index contributed by atoms with van der Waals surface area (Å²) >= 11 is 0. The number of aromatic nitrogens is 5. The molecule has 0 saturated carbocycles. The molecule has 7 nitrogen and oxygen atoms in total. The van der Waals surface area contributed by atoms with E-state index >= 15 is 0 Å². The largest absolute Gasteiger partial charge is 0.384 e. The summed E-state index contributed by atoms with van der Waals surface area (Å²) in [6.07, 6.45) is 3.48. The second-order valence-corrected chi connectivity index (χ2v) is 4.06. The average Bonchev–Trinajstić information content (AvgIpc) is 2.72. The summed E-state index contributed by atoms with van der Waals surface area (Å²) in [7, 11) is 1.90. The van der Waals surface area contributed by atoms with Crippen molar-refractivity contribution < 1.29 is 0 Å². The van der Waals surface area contributed by atoms with Crippen LogP contribution in [-0.4, -0.2) is 24.7 Å². The van der Waals surface area contributed by atoms with Gasteiger partial charge in [-0.3, -0.25) is 0 Å². The molecular formula is C11H17N7. The molecule has 0 aromatic carbocycles. The summed E-state index contributed by atoms with van der Waals surface area (Å²) in [6, 6.07) is 1.72. The van der Waals surface area contributed by atoms with Gasteiger partial charge in [0.15, 0.2) is 5.82 Å². The number of aryl methyl sites for hydroxylation is 2. The van der Waals surface area contributed by atoms with Gasteiger partial charge < -0.3 is 15.6 Å². The van der Waals surface area contributed by atoms with E-state index in [0.29, 0.717) is 18.2 Å². The van der Waals surface area contributed by atoms with Crippen LogP contribution in [0.2, 0.25) is 0 Å². The Balaban J connectivity index is 2.07. The molecule has 2 heterocycles. The lowest BCUT2D eigenvalue weighted by atomic mass is 10.3. The molecule has 0 unspecified atom stereocenters. The van der Waals surface area contributed by atoms with Crippen LogP contribution in [0.1, 0.15) is 25.0 Å². The van der Waals surface area contributed by atoms with Crippen LogP contribution in [0.5, 0.6) is 0 Å². The standard InChI is InChI=1S/C11H17N7/c1-3-4-9-15-8(12)5-10(16-9)13-6-11-17-14-7-18(11)2/h5,7H,3-4,6H2,1-2H3,(H3,12,13,15,16). The first-order chi connectivity index (χ1) is 8.69. The molecule has 0 aliphatic carbocycles. The van der Waals surface area contributed by atoms with Crippen LogP contribution in [-0.2, 0) is 20.0 Å². The maximum absolute atomic E-state index is 5.74. The quantitative estimate of drug-likeness (QED) is 0.809. The number of rotatable bonds is 5. The third-order valence-corrected chi connectivity index (χ3v) is 2.50. The zero-order chi connectivity index (χ0) is 13.0. The number of nitrogens with two attached hydrogens (primary N) is 1. The van der Waals surface area contributed by atoms with E-state index in [1.165, 1.54) is 0 Å². The molecule has 3 N–H and O–H groups in total. The summed E-state index contributed by atoms with van der Waals surface area (Å²) < 4.78 is 1.85. The minimum Gasteiger partial charge on any atom is -0.384 e. The Bertz CT molecular complexity index is 520.